The quantitative estimate of drug-likeness (QED) is 0.768. The van der Waals surface area contributed by atoms with Crippen LogP contribution in [0.15, 0.2) is 35.0 Å². The predicted octanol–water partition coefficient (Wildman–Crippen LogP) is 2.56. The fourth-order valence-electron chi connectivity index (χ4n) is 1.74. The zero-order chi connectivity index (χ0) is 14.4. The van der Waals surface area contributed by atoms with Crippen molar-refractivity contribution in [2.75, 3.05) is 13.1 Å². The lowest BCUT2D eigenvalue weighted by atomic mass is 10.1. The summed E-state index contributed by atoms with van der Waals surface area (Å²) < 4.78 is 0. The van der Waals surface area contributed by atoms with Crippen molar-refractivity contribution in [3.8, 4) is 0 Å². The SMILES string of the molecule is CC(O)(CNC(=O)NCCc1cccs1)c1cccs1. The van der Waals surface area contributed by atoms with Gasteiger partial charge in [-0.05, 0) is 36.2 Å². The first-order valence-corrected chi connectivity index (χ1v) is 8.14. The zero-order valence-corrected chi connectivity index (χ0v) is 12.9. The molecule has 2 aromatic rings. The summed E-state index contributed by atoms with van der Waals surface area (Å²) in [5, 5.41) is 19.7. The van der Waals surface area contributed by atoms with Gasteiger partial charge in [0.2, 0.25) is 0 Å². The monoisotopic (exact) mass is 310 g/mol. The van der Waals surface area contributed by atoms with E-state index in [9.17, 15) is 9.90 Å². The molecule has 4 nitrogen and oxygen atoms in total. The van der Waals surface area contributed by atoms with Crippen molar-refractivity contribution in [1.29, 1.82) is 0 Å². The molecule has 0 aromatic carbocycles. The average Bonchev–Trinajstić information content (AvgIpc) is 3.09. The van der Waals surface area contributed by atoms with Crippen molar-refractivity contribution in [3.05, 3.63) is 44.8 Å². The third-order valence-electron chi connectivity index (χ3n) is 2.88. The fourth-order valence-corrected chi connectivity index (χ4v) is 3.24. The van der Waals surface area contributed by atoms with E-state index < -0.39 is 5.60 Å². The maximum atomic E-state index is 11.7. The molecule has 0 spiro atoms. The van der Waals surface area contributed by atoms with Gasteiger partial charge in [0.15, 0.2) is 0 Å². The van der Waals surface area contributed by atoms with E-state index in [1.54, 1.807) is 18.3 Å². The van der Waals surface area contributed by atoms with Crippen LogP contribution in [0.2, 0.25) is 0 Å². The Hall–Kier alpha value is -1.37. The van der Waals surface area contributed by atoms with Crippen molar-refractivity contribution >= 4 is 28.7 Å². The van der Waals surface area contributed by atoms with Crippen molar-refractivity contribution in [3.63, 3.8) is 0 Å². The third-order valence-corrected chi connectivity index (χ3v) is 4.94. The van der Waals surface area contributed by atoms with E-state index in [2.05, 4.69) is 10.6 Å². The molecule has 0 saturated carbocycles. The van der Waals surface area contributed by atoms with Crippen LogP contribution in [-0.4, -0.2) is 24.2 Å². The van der Waals surface area contributed by atoms with Crippen LogP contribution in [0, 0.1) is 0 Å². The maximum Gasteiger partial charge on any atom is 0.314 e. The first kappa shape index (κ1) is 15.0. The molecule has 2 rings (SSSR count). The highest BCUT2D eigenvalue weighted by Gasteiger charge is 2.24. The van der Waals surface area contributed by atoms with Gasteiger partial charge in [0.1, 0.15) is 5.60 Å². The van der Waals surface area contributed by atoms with Crippen LogP contribution >= 0.6 is 22.7 Å². The third kappa shape index (κ3) is 4.33. The van der Waals surface area contributed by atoms with Crippen LogP contribution in [0.4, 0.5) is 4.79 Å². The molecule has 0 bridgehead atoms. The summed E-state index contributed by atoms with van der Waals surface area (Å²) in [6.07, 6.45) is 0.826. The van der Waals surface area contributed by atoms with E-state index in [1.807, 2.05) is 35.0 Å². The Morgan fingerprint density at radius 3 is 2.65 bits per heavy atom. The number of rotatable bonds is 6. The van der Waals surface area contributed by atoms with Crippen molar-refractivity contribution in [1.82, 2.24) is 10.6 Å². The number of hydrogen-bond donors (Lipinski definition) is 3. The normalized spacial score (nSPS) is 13.7. The second-order valence-corrected chi connectivity index (χ2v) is 6.67. The molecule has 0 aliphatic heterocycles. The molecule has 20 heavy (non-hydrogen) atoms. The highest BCUT2D eigenvalue weighted by Crippen LogP contribution is 2.24. The lowest BCUT2D eigenvalue weighted by molar-refractivity contribution is 0.0631. The summed E-state index contributed by atoms with van der Waals surface area (Å²) in [6.45, 7) is 2.48. The molecule has 1 atom stereocenters. The molecule has 0 saturated heterocycles. The number of hydrogen-bond acceptors (Lipinski definition) is 4. The predicted molar refractivity (Wildman–Crippen MR) is 83.3 cm³/mol. The highest BCUT2D eigenvalue weighted by atomic mass is 32.1. The topological polar surface area (TPSA) is 61.4 Å². The molecular weight excluding hydrogens is 292 g/mol. The number of aliphatic hydroxyl groups is 1. The van der Waals surface area contributed by atoms with Gasteiger partial charge in [-0.3, -0.25) is 0 Å². The van der Waals surface area contributed by atoms with Gasteiger partial charge in [0.25, 0.3) is 0 Å². The summed E-state index contributed by atoms with van der Waals surface area (Å²) in [7, 11) is 0. The molecule has 2 amide bonds. The largest absolute Gasteiger partial charge is 0.383 e. The lowest BCUT2D eigenvalue weighted by Crippen LogP contribution is -2.43. The van der Waals surface area contributed by atoms with Gasteiger partial charge in [-0.25, -0.2) is 4.79 Å². The molecule has 3 N–H and O–H groups in total. The van der Waals surface area contributed by atoms with E-state index in [0.717, 1.165) is 11.3 Å². The molecule has 0 radical (unpaired) electrons. The Kier molecular flexibility index (Phi) is 5.17. The summed E-state index contributed by atoms with van der Waals surface area (Å²) in [5.74, 6) is 0. The minimum atomic E-state index is -1.03. The van der Waals surface area contributed by atoms with E-state index in [-0.39, 0.29) is 12.6 Å². The van der Waals surface area contributed by atoms with Gasteiger partial charge in [0.05, 0.1) is 6.54 Å². The van der Waals surface area contributed by atoms with E-state index in [0.29, 0.717) is 6.54 Å². The number of carbonyl (C=O) groups is 1. The second-order valence-electron chi connectivity index (χ2n) is 4.69. The van der Waals surface area contributed by atoms with Crippen molar-refractivity contribution in [2.45, 2.75) is 18.9 Å². The molecule has 0 aliphatic rings. The zero-order valence-electron chi connectivity index (χ0n) is 11.3. The first-order chi connectivity index (χ1) is 9.58. The molecule has 2 heterocycles. The minimum Gasteiger partial charge on any atom is -0.383 e. The second kappa shape index (κ2) is 6.88. The van der Waals surface area contributed by atoms with Crippen LogP contribution in [-0.2, 0) is 12.0 Å². The van der Waals surface area contributed by atoms with Crippen LogP contribution in [0.25, 0.3) is 0 Å². The summed E-state index contributed by atoms with van der Waals surface area (Å²) in [5.41, 5.74) is -1.03. The average molecular weight is 310 g/mol. The van der Waals surface area contributed by atoms with E-state index in [1.165, 1.54) is 16.2 Å². The Balaban J connectivity index is 1.69. The molecule has 1 unspecified atom stereocenters. The minimum absolute atomic E-state index is 0.193. The van der Waals surface area contributed by atoms with Crippen LogP contribution in [0.3, 0.4) is 0 Å². The van der Waals surface area contributed by atoms with E-state index in [4.69, 9.17) is 0 Å². The molecule has 2 aromatic heterocycles. The Labute approximate surface area is 126 Å². The highest BCUT2D eigenvalue weighted by molar-refractivity contribution is 7.10. The number of carbonyl (C=O) groups excluding carboxylic acids is 1. The summed E-state index contributed by atoms with van der Waals surface area (Å²) in [4.78, 5) is 13.8. The van der Waals surface area contributed by atoms with Gasteiger partial charge >= 0.3 is 6.03 Å². The van der Waals surface area contributed by atoms with Gasteiger partial charge in [-0.15, -0.1) is 22.7 Å². The number of urea groups is 1. The van der Waals surface area contributed by atoms with E-state index >= 15 is 0 Å². The molecular formula is C14H18N2O2S2. The lowest BCUT2D eigenvalue weighted by Gasteiger charge is -2.22. The standard InChI is InChI=1S/C14H18N2O2S2/c1-14(18,12-5-3-9-20-12)10-16-13(17)15-7-6-11-4-2-8-19-11/h2-5,8-9,18H,6-7,10H2,1H3,(H2,15,16,17). The van der Waals surface area contributed by atoms with Crippen molar-refractivity contribution in [2.24, 2.45) is 0 Å². The Bertz CT molecular complexity index is 521. The number of nitrogens with one attached hydrogen (secondary N) is 2. The Morgan fingerprint density at radius 1 is 1.25 bits per heavy atom. The molecule has 0 aliphatic carbocycles. The Morgan fingerprint density at radius 2 is 2.00 bits per heavy atom. The van der Waals surface area contributed by atoms with Crippen LogP contribution in [0.5, 0.6) is 0 Å². The smallest absolute Gasteiger partial charge is 0.314 e. The van der Waals surface area contributed by atoms with Gasteiger partial charge in [0, 0.05) is 16.3 Å². The number of amides is 2. The van der Waals surface area contributed by atoms with Gasteiger partial charge in [-0.2, -0.15) is 0 Å². The van der Waals surface area contributed by atoms with Crippen molar-refractivity contribution < 1.29 is 9.90 Å². The van der Waals surface area contributed by atoms with Gasteiger partial charge < -0.3 is 15.7 Å². The first-order valence-electron chi connectivity index (χ1n) is 6.38. The summed E-state index contributed by atoms with van der Waals surface area (Å²) >= 11 is 3.16. The molecule has 0 fully saturated rings. The van der Waals surface area contributed by atoms with Crippen LogP contribution in [0.1, 0.15) is 16.7 Å². The van der Waals surface area contributed by atoms with Crippen LogP contribution < -0.4 is 10.6 Å². The number of thiophene rings is 2. The molecule has 108 valence electrons. The maximum absolute atomic E-state index is 11.7. The fraction of sp³-hybridized carbons (Fsp3) is 0.357. The summed E-state index contributed by atoms with van der Waals surface area (Å²) in [6, 6.07) is 7.54. The molecule has 6 heteroatoms. The van der Waals surface area contributed by atoms with Gasteiger partial charge in [-0.1, -0.05) is 12.1 Å².